The molecule has 1 aliphatic carbocycles. The Morgan fingerprint density at radius 1 is 1.00 bits per heavy atom. The lowest BCUT2D eigenvalue weighted by atomic mass is 9.80. The average Bonchev–Trinajstić information content (AvgIpc) is 2.68. The molecule has 1 atom stereocenters. The summed E-state index contributed by atoms with van der Waals surface area (Å²) in [4.78, 5) is 0. The molecule has 30 heavy (non-hydrogen) atoms. The van der Waals surface area contributed by atoms with Crippen molar-refractivity contribution in [3.63, 3.8) is 0 Å². The standard InChI is InChI=1S/C21H27F7O2/c1-2-3-4-5-14-6-8-15(9-7-14)13-29-16-10-11-18(17(22)12-16)30-21(27,28)19(23)20(24,25)26/h10-12,14-15,19H,2-9,13H2,1H3. The summed E-state index contributed by atoms with van der Waals surface area (Å²) in [5, 5.41) is 0. The Bertz CT molecular complexity index is 655. The van der Waals surface area contributed by atoms with Gasteiger partial charge in [-0.2, -0.15) is 22.0 Å². The summed E-state index contributed by atoms with van der Waals surface area (Å²) in [5.41, 5.74) is 0. The maximum absolute atomic E-state index is 14.0. The van der Waals surface area contributed by atoms with Crippen LogP contribution in [0.2, 0.25) is 0 Å². The number of unbranched alkanes of at least 4 members (excludes halogenated alkanes) is 2. The summed E-state index contributed by atoms with van der Waals surface area (Å²) in [6, 6.07) is 2.54. The Morgan fingerprint density at radius 3 is 2.20 bits per heavy atom. The van der Waals surface area contributed by atoms with E-state index >= 15 is 0 Å². The summed E-state index contributed by atoms with van der Waals surface area (Å²) in [7, 11) is 0. The molecule has 1 fully saturated rings. The topological polar surface area (TPSA) is 18.5 Å². The molecule has 1 aliphatic rings. The highest BCUT2D eigenvalue weighted by Crippen LogP contribution is 2.38. The molecular formula is C21H27F7O2. The molecule has 1 unspecified atom stereocenters. The van der Waals surface area contributed by atoms with Crippen LogP contribution >= 0.6 is 0 Å². The van der Waals surface area contributed by atoms with Crippen molar-refractivity contribution in [2.45, 2.75) is 76.7 Å². The molecule has 0 bridgehead atoms. The molecular weight excluding hydrogens is 417 g/mol. The van der Waals surface area contributed by atoms with Crippen LogP contribution in [-0.2, 0) is 0 Å². The molecule has 0 heterocycles. The van der Waals surface area contributed by atoms with Gasteiger partial charge >= 0.3 is 12.3 Å². The minimum absolute atomic E-state index is 0.0425. The zero-order valence-electron chi connectivity index (χ0n) is 16.8. The van der Waals surface area contributed by atoms with E-state index in [2.05, 4.69) is 11.7 Å². The summed E-state index contributed by atoms with van der Waals surface area (Å²) in [6.07, 6.45) is -6.57. The third-order valence-corrected chi connectivity index (χ3v) is 5.40. The van der Waals surface area contributed by atoms with Crippen LogP contribution in [-0.4, -0.2) is 25.1 Å². The number of hydrogen-bond acceptors (Lipinski definition) is 2. The maximum atomic E-state index is 14.0. The fraction of sp³-hybridized carbons (Fsp3) is 0.714. The number of ether oxygens (including phenoxy) is 2. The Hall–Kier alpha value is -1.67. The SMILES string of the molecule is CCCCCC1CCC(COc2ccc(OC(F)(F)C(F)C(F)(F)F)c(F)c2)CC1. The van der Waals surface area contributed by atoms with Crippen molar-refractivity contribution in [1.29, 1.82) is 0 Å². The van der Waals surface area contributed by atoms with Gasteiger partial charge in [-0.05, 0) is 36.8 Å². The van der Waals surface area contributed by atoms with Gasteiger partial charge in [-0.25, -0.2) is 8.78 Å². The van der Waals surface area contributed by atoms with Crippen LogP contribution in [0.3, 0.4) is 0 Å². The number of halogens is 7. The van der Waals surface area contributed by atoms with Gasteiger partial charge in [-0.15, -0.1) is 0 Å². The van der Waals surface area contributed by atoms with Gasteiger partial charge in [0.1, 0.15) is 5.75 Å². The number of hydrogen-bond donors (Lipinski definition) is 0. The number of rotatable bonds is 10. The molecule has 0 aromatic heterocycles. The largest absolute Gasteiger partial charge is 0.493 e. The molecule has 0 spiro atoms. The van der Waals surface area contributed by atoms with Crippen molar-refractivity contribution < 1.29 is 40.2 Å². The minimum Gasteiger partial charge on any atom is -0.493 e. The molecule has 172 valence electrons. The van der Waals surface area contributed by atoms with E-state index < -0.39 is 30.0 Å². The lowest BCUT2D eigenvalue weighted by Crippen LogP contribution is -2.45. The summed E-state index contributed by atoms with van der Waals surface area (Å²) in [6.45, 7) is 2.50. The smallest absolute Gasteiger partial charge is 0.439 e. The molecule has 0 amide bonds. The second-order valence-corrected chi connectivity index (χ2v) is 7.85. The first-order chi connectivity index (χ1) is 14.0. The lowest BCUT2D eigenvalue weighted by molar-refractivity contribution is -0.305. The molecule has 2 nitrogen and oxygen atoms in total. The van der Waals surface area contributed by atoms with Crippen molar-refractivity contribution in [3.8, 4) is 11.5 Å². The van der Waals surface area contributed by atoms with Crippen LogP contribution < -0.4 is 9.47 Å². The van der Waals surface area contributed by atoms with Gasteiger partial charge < -0.3 is 9.47 Å². The highest BCUT2D eigenvalue weighted by atomic mass is 19.4. The van der Waals surface area contributed by atoms with Crippen molar-refractivity contribution in [3.05, 3.63) is 24.0 Å². The van der Waals surface area contributed by atoms with Crippen LogP contribution in [0.1, 0.15) is 58.3 Å². The summed E-state index contributed by atoms with van der Waals surface area (Å²) >= 11 is 0. The van der Waals surface area contributed by atoms with Gasteiger partial charge in [0.2, 0.25) is 0 Å². The van der Waals surface area contributed by atoms with E-state index in [1.54, 1.807) is 0 Å². The van der Waals surface area contributed by atoms with Gasteiger partial charge in [0, 0.05) is 6.07 Å². The molecule has 1 aromatic rings. The minimum atomic E-state index is -5.84. The number of benzene rings is 1. The highest BCUT2D eigenvalue weighted by Gasteiger charge is 2.59. The molecule has 0 N–H and O–H groups in total. The van der Waals surface area contributed by atoms with Crippen LogP contribution in [0.4, 0.5) is 30.7 Å². The second-order valence-electron chi connectivity index (χ2n) is 7.85. The van der Waals surface area contributed by atoms with Gasteiger partial charge in [0.25, 0.3) is 6.17 Å². The van der Waals surface area contributed by atoms with Crippen LogP contribution in [0.25, 0.3) is 0 Å². The monoisotopic (exact) mass is 444 g/mol. The second kappa shape index (κ2) is 10.6. The summed E-state index contributed by atoms with van der Waals surface area (Å²) in [5.74, 6) is -1.48. The fourth-order valence-electron chi connectivity index (χ4n) is 3.63. The van der Waals surface area contributed by atoms with E-state index in [-0.39, 0.29) is 5.75 Å². The Kier molecular flexibility index (Phi) is 8.67. The molecule has 0 saturated heterocycles. The quantitative estimate of drug-likeness (QED) is 0.275. The molecule has 9 heteroatoms. The molecule has 2 rings (SSSR count). The van der Waals surface area contributed by atoms with Gasteiger partial charge in [0.15, 0.2) is 11.6 Å². The highest BCUT2D eigenvalue weighted by molar-refractivity contribution is 5.33. The Balaban J connectivity index is 1.83. The van der Waals surface area contributed by atoms with Crippen molar-refractivity contribution in [2.75, 3.05) is 6.61 Å². The van der Waals surface area contributed by atoms with Crippen molar-refractivity contribution >= 4 is 0 Å². The Morgan fingerprint density at radius 2 is 1.63 bits per heavy atom. The van der Waals surface area contributed by atoms with Crippen LogP contribution in [0, 0.1) is 17.7 Å². The van der Waals surface area contributed by atoms with Gasteiger partial charge in [0.05, 0.1) is 6.61 Å². The average molecular weight is 444 g/mol. The summed E-state index contributed by atoms with van der Waals surface area (Å²) < 4.78 is 99.0. The third kappa shape index (κ3) is 7.23. The molecule has 0 radical (unpaired) electrons. The fourth-order valence-corrected chi connectivity index (χ4v) is 3.63. The molecule has 0 aliphatic heterocycles. The first-order valence-corrected chi connectivity index (χ1v) is 10.2. The van der Waals surface area contributed by atoms with Crippen molar-refractivity contribution in [1.82, 2.24) is 0 Å². The van der Waals surface area contributed by atoms with Crippen LogP contribution in [0.5, 0.6) is 11.5 Å². The van der Waals surface area contributed by atoms with E-state index in [1.165, 1.54) is 25.7 Å². The first-order valence-electron chi connectivity index (χ1n) is 10.2. The zero-order valence-corrected chi connectivity index (χ0v) is 16.8. The predicted octanol–water partition coefficient (Wildman–Crippen LogP) is 7.46. The van der Waals surface area contributed by atoms with Crippen LogP contribution in [0.15, 0.2) is 18.2 Å². The number of alkyl halides is 6. The predicted molar refractivity (Wildman–Crippen MR) is 98.0 cm³/mol. The van der Waals surface area contributed by atoms with Gasteiger partial charge in [-0.1, -0.05) is 45.4 Å². The lowest BCUT2D eigenvalue weighted by Gasteiger charge is -2.28. The maximum Gasteiger partial charge on any atom is 0.439 e. The molecule has 1 saturated carbocycles. The van der Waals surface area contributed by atoms with E-state index in [0.717, 1.165) is 43.7 Å². The molecule has 1 aromatic carbocycles. The normalized spacial score (nSPS) is 21.3. The van der Waals surface area contributed by atoms with E-state index in [0.29, 0.717) is 18.6 Å². The van der Waals surface area contributed by atoms with E-state index in [9.17, 15) is 30.7 Å². The first kappa shape index (κ1) is 24.6. The van der Waals surface area contributed by atoms with E-state index in [4.69, 9.17) is 4.74 Å². The van der Waals surface area contributed by atoms with Crippen molar-refractivity contribution in [2.24, 2.45) is 11.8 Å². The zero-order chi connectivity index (χ0) is 22.4. The van der Waals surface area contributed by atoms with E-state index in [1.807, 2.05) is 0 Å². The Labute approximate surface area is 171 Å². The third-order valence-electron chi connectivity index (χ3n) is 5.40. The van der Waals surface area contributed by atoms with Gasteiger partial charge in [-0.3, -0.25) is 0 Å².